The number of hydrogen-bond acceptors (Lipinski definition) is 4. The van der Waals surface area contributed by atoms with Gasteiger partial charge >= 0.3 is 5.97 Å². The topological polar surface area (TPSA) is 69.6 Å². The molecule has 1 saturated carbocycles. The highest BCUT2D eigenvalue weighted by atomic mass is 32.2. The minimum atomic E-state index is -0.824. The van der Waals surface area contributed by atoms with Crippen LogP contribution in [0.1, 0.15) is 33.1 Å². The van der Waals surface area contributed by atoms with E-state index in [1.54, 1.807) is 16.7 Å². The van der Waals surface area contributed by atoms with E-state index in [9.17, 15) is 14.7 Å². The summed E-state index contributed by atoms with van der Waals surface area (Å²) in [6, 6.07) is -0.291. The van der Waals surface area contributed by atoms with Crippen LogP contribution in [0.25, 0.3) is 0 Å². The molecule has 2 fully saturated rings. The molecular formula is C15H26N2O3S. The van der Waals surface area contributed by atoms with E-state index in [4.69, 9.17) is 0 Å². The summed E-state index contributed by atoms with van der Waals surface area (Å²) >= 11 is 1.64. The third kappa shape index (κ3) is 4.36. The van der Waals surface area contributed by atoms with Crippen molar-refractivity contribution < 1.29 is 14.7 Å². The predicted molar refractivity (Wildman–Crippen MR) is 84.4 cm³/mol. The molecule has 0 bridgehead atoms. The van der Waals surface area contributed by atoms with Gasteiger partial charge in [0.05, 0.1) is 6.54 Å². The van der Waals surface area contributed by atoms with E-state index < -0.39 is 12.0 Å². The molecule has 0 spiro atoms. The highest BCUT2D eigenvalue weighted by Crippen LogP contribution is 2.29. The van der Waals surface area contributed by atoms with Gasteiger partial charge in [0.15, 0.2) is 0 Å². The summed E-state index contributed by atoms with van der Waals surface area (Å²) in [6.07, 6.45) is 3.43. The van der Waals surface area contributed by atoms with Gasteiger partial charge in [-0.1, -0.05) is 26.7 Å². The smallest absolute Gasteiger partial charge is 0.321 e. The number of nitrogens with one attached hydrogen (secondary N) is 1. The molecule has 1 saturated heterocycles. The number of nitrogens with zero attached hydrogens (tertiary/aromatic N) is 1. The molecule has 21 heavy (non-hydrogen) atoms. The number of carboxylic acid groups (broad SMARTS) is 1. The third-order valence-corrected chi connectivity index (χ3v) is 5.95. The van der Waals surface area contributed by atoms with Crippen LogP contribution in [-0.4, -0.2) is 58.6 Å². The van der Waals surface area contributed by atoms with Crippen molar-refractivity contribution in [1.29, 1.82) is 0 Å². The van der Waals surface area contributed by atoms with Crippen molar-refractivity contribution in [2.45, 2.75) is 45.2 Å². The van der Waals surface area contributed by atoms with Crippen LogP contribution in [0.2, 0.25) is 0 Å². The van der Waals surface area contributed by atoms with E-state index in [1.165, 1.54) is 6.42 Å². The van der Waals surface area contributed by atoms with E-state index in [1.807, 2.05) is 0 Å². The van der Waals surface area contributed by atoms with Crippen molar-refractivity contribution in [1.82, 2.24) is 10.2 Å². The lowest BCUT2D eigenvalue weighted by molar-refractivity contribution is -0.143. The van der Waals surface area contributed by atoms with Gasteiger partial charge in [0.1, 0.15) is 6.04 Å². The normalized spacial score (nSPS) is 34.4. The Labute approximate surface area is 130 Å². The Morgan fingerprint density at radius 2 is 2.10 bits per heavy atom. The summed E-state index contributed by atoms with van der Waals surface area (Å²) in [5, 5.41) is 12.4. The molecule has 1 amide bonds. The zero-order valence-corrected chi connectivity index (χ0v) is 13.7. The Bertz CT molecular complexity index is 391. The van der Waals surface area contributed by atoms with Gasteiger partial charge < -0.3 is 10.4 Å². The molecule has 4 unspecified atom stereocenters. The predicted octanol–water partition coefficient (Wildman–Crippen LogP) is 1.43. The monoisotopic (exact) mass is 314 g/mol. The molecule has 0 aromatic rings. The second-order valence-electron chi connectivity index (χ2n) is 6.34. The lowest BCUT2D eigenvalue weighted by Crippen LogP contribution is -2.53. The Kier molecular flexibility index (Phi) is 5.93. The molecule has 0 radical (unpaired) electrons. The minimum absolute atomic E-state index is 0.0286. The average molecular weight is 314 g/mol. The SMILES string of the molecule is CC1CCCC(NC(=O)CN2CCSCC2C(=O)O)C1C. The highest BCUT2D eigenvalue weighted by Gasteiger charge is 2.32. The van der Waals surface area contributed by atoms with Crippen LogP contribution in [0.15, 0.2) is 0 Å². The molecule has 0 aromatic carbocycles. The molecule has 2 N–H and O–H groups in total. The van der Waals surface area contributed by atoms with E-state index in [-0.39, 0.29) is 18.5 Å². The standard InChI is InChI=1S/C15H26N2O3S/c1-10-4-3-5-12(11(10)2)16-14(18)8-17-6-7-21-9-13(17)15(19)20/h10-13H,3-9H2,1-2H3,(H,16,18)(H,19,20). The zero-order valence-electron chi connectivity index (χ0n) is 12.9. The first-order valence-electron chi connectivity index (χ1n) is 7.83. The van der Waals surface area contributed by atoms with Gasteiger partial charge in [-0.2, -0.15) is 11.8 Å². The van der Waals surface area contributed by atoms with Crippen LogP contribution >= 0.6 is 11.8 Å². The Hall–Kier alpha value is -0.750. The Balaban J connectivity index is 1.87. The lowest BCUT2D eigenvalue weighted by Gasteiger charge is -2.36. The second-order valence-corrected chi connectivity index (χ2v) is 7.49. The van der Waals surface area contributed by atoms with Crippen LogP contribution in [0.4, 0.5) is 0 Å². The number of amides is 1. The molecule has 1 aliphatic carbocycles. The fourth-order valence-corrected chi connectivity index (χ4v) is 4.38. The summed E-state index contributed by atoms with van der Waals surface area (Å²) < 4.78 is 0. The van der Waals surface area contributed by atoms with Crippen LogP contribution in [-0.2, 0) is 9.59 Å². The number of carbonyl (C=O) groups excluding carboxylic acids is 1. The van der Waals surface area contributed by atoms with Crippen molar-refractivity contribution >= 4 is 23.6 Å². The highest BCUT2D eigenvalue weighted by molar-refractivity contribution is 7.99. The zero-order chi connectivity index (χ0) is 15.4. The molecule has 6 heteroatoms. The van der Waals surface area contributed by atoms with Crippen LogP contribution in [0.5, 0.6) is 0 Å². The maximum atomic E-state index is 12.2. The van der Waals surface area contributed by atoms with Crippen molar-refractivity contribution in [2.75, 3.05) is 24.6 Å². The number of carboxylic acids is 1. The summed E-state index contributed by atoms with van der Waals surface area (Å²) in [5.41, 5.74) is 0. The Morgan fingerprint density at radius 1 is 1.33 bits per heavy atom. The number of aliphatic carboxylic acids is 1. The second kappa shape index (κ2) is 7.49. The third-order valence-electron chi connectivity index (χ3n) is 4.92. The van der Waals surface area contributed by atoms with E-state index in [0.717, 1.165) is 18.6 Å². The molecular weight excluding hydrogens is 288 g/mol. The fourth-order valence-electron chi connectivity index (χ4n) is 3.28. The maximum absolute atomic E-state index is 12.2. The molecule has 1 aliphatic heterocycles. The van der Waals surface area contributed by atoms with Crippen LogP contribution in [0, 0.1) is 11.8 Å². The van der Waals surface area contributed by atoms with E-state index in [2.05, 4.69) is 19.2 Å². The van der Waals surface area contributed by atoms with Gasteiger partial charge in [-0.3, -0.25) is 14.5 Å². The van der Waals surface area contributed by atoms with E-state index >= 15 is 0 Å². The number of hydrogen-bond donors (Lipinski definition) is 2. The number of carbonyl (C=O) groups is 2. The van der Waals surface area contributed by atoms with Crippen molar-refractivity contribution in [3.63, 3.8) is 0 Å². The lowest BCUT2D eigenvalue weighted by atomic mass is 9.78. The molecule has 5 nitrogen and oxygen atoms in total. The summed E-state index contributed by atoms with van der Waals surface area (Å²) in [5.74, 6) is 1.75. The van der Waals surface area contributed by atoms with Gasteiger partial charge in [-0.15, -0.1) is 0 Å². The molecule has 2 aliphatic rings. The van der Waals surface area contributed by atoms with E-state index in [0.29, 0.717) is 24.1 Å². The van der Waals surface area contributed by atoms with Gasteiger partial charge in [-0.25, -0.2) is 0 Å². The molecule has 1 heterocycles. The molecule has 2 rings (SSSR count). The fraction of sp³-hybridized carbons (Fsp3) is 0.867. The summed E-state index contributed by atoms with van der Waals surface area (Å²) in [6.45, 7) is 5.32. The van der Waals surface area contributed by atoms with Crippen LogP contribution in [0.3, 0.4) is 0 Å². The number of thioether (sulfide) groups is 1. The van der Waals surface area contributed by atoms with Gasteiger partial charge in [0.25, 0.3) is 0 Å². The minimum Gasteiger partial charge on any atom is -0.480 e. The summed E-state index contributed by atoms with van der Waals surface area (Å²) in [4.78, 5) is 25.3. The van der Waals surface area contributed by atoms with Gasteiger partial charge in [0, 0.05) is 24.1 Å². The molecule has 0 aromatic heterocycles. The maximum Gasteiger partial charge on any atom is 0.321 e. The molecule has 4 atom stereocenters. The first-order chi connectivity index (χ1) is 9.99. The largest absolute Gasteiger partial charge is 0.480 e. The van der Waals surface area contributed by atoms with Crippen molar-refractivity contribution in [3.8, 4) is 0 Å². The first kappa shape index (κ1) is 16.6. The average Bonchev–Trinajstić information content (AvgIpc) is 2.44. The molecule has 120 valence electrons. The van der Waals surface area contributed by atoms with Crippen LogP contribution < -0.4 is 5.32 Å². The Morgan fingerprint density at radius 3 is 2.81 bits per heavy atom. The summed E-state index contributed by atoms with van der Waals surface area (Å²) in [7, 11) is 0. The number of rotatable bonds is 4. The van der Waals surface area contributed by atoms with Crippen molar-refractivity contribution in [3.05, 3.63) is 0 Å². The quantitative estimate of drug-likeness (QED) is 0.821. The van der Waals surface area contributed by atoms with Crippen molar-refractivity contribution in [2.24, 2.45) is 11.8 Å². The first-order valence-corrected chi connectivity index (χ1v) is 8.98. The van der Waals surface area contributed by atoms with Gasteiger partial charge in [0.2, 0.25) is 5.91 Å². The van der Waals surface area contributed by atoms with Gasteiger partial charge in [-0.05, 0) is 18.3 Å².